The Morgan fingerprint density at radius 2 is 1.77 bits per heavy atom. The van der Waals surface area contributed by atoms with Crippen molar-refractivity contribution in [3.05, 3.63) is 53.6 Å². The van der Waals surface area contributed by atoms with Crippen LogP contribution in [0.2, 0.25) is 0 Å². The van der Waals surface area contributed by atoms with Gasteiger partial charge in [0, 0.05) is 0 Å². The Balaban J connectivity index is 2.45. The molecule has 26 heavy (non-hydrogen) atoms. The van der Waals surface area contributed by atoms with E-state index >= 15 is 0 Å². The van der Waals surface area contributed by atoms with Crippen LogP contribution in [0.5, 0.6) is 5.75 Å². The number of halogens is 3. The Morgan fingerprint density at radius 3 is 2.35 bits per heavy atom. The van der Waals surface area contributed by atoms with Gasteiger partial charge in [-0.1, -0.05) is 6.07 Å². The predicted molar refractivity (Wildman–Crippen MR) is 86.6 cm³/mol. The molecule has 0 aliphatic rings. The number of anilines is 1. The molecule has 2 aromatic carbocycles. The Morgan fingerprint density at radius 1 is 1.08 bits per heavy atom. The van der Waals surface area contributed by atoms with Gasteiger partial charge in [0.2, 0.25) is 0 Å². The lowest BCUT2D eigenvalue weighted by molar-refractivity contribution is -0.137. The highest BCUT2D eigenvalue weighted by Gasteiger charge is 2.31. The summed E-state index contributed by atoms with van der Waals surface area (Å²) in [5.74, 6) is -0.639. The third-order valence-electron chi connectivity index (χ3n) is 3.34. The van der Waals surface area contributed by atoms with Gasteiger partial charge in [-0.2, -0.15) is 13.2 Å². The Labute approximate surface area is 147 Å². The van der Waals surface area contributed by atoms with E-state index in [1.54, 1.807) is 0 Å². The summed E-state index contributed by atoms with van der Waals surface area (Å²) in [4.78, 5) is 11.0. The molecular weight excluding hydrogens is 375 g/mol. The molecule has 0 spiro atoms. The van der Waals surface area contributed by atoms with E-state index in [0.29, 0.717) is 6.07 Å². The van der Waals surface area contributed by atoms with Gasteiger partial charge < -0.3 is 9.47 Å². The molecule has 0 unspecified atom stereocenters. The first-order valence-corrected chi connectivity index (χ1v) is 8.53. The highest BCUT2D eigenvalue weighted by atomic mass is 32.2. The van der Waals surface area contributed by atoms with Gasteiger partial charge in [-0.05, 0) is 36.4 Å². The summed E-state index contributed by atoms with van der Waals surface area (Å²) < 4.78 is 75.0. The second-order valence-corrected chi connectivity index (χ2v) is 6.72. The van der Waals surface area contributed by atoms with Crippen LogP contribution in [-0.2, 0) is 20.9 Å². The van der Waals surface area contributed by atoms with Gasteiger partial charge >= 0.3 is 12.1 Å². The first-order chi connectivity index (χ1) is 12.1. The van der Waals surface area contributed by atoms with Crippen molar-refractivity contribution in [3.63, 3.8) is 0 Å². The van der Waals surface area contributed by atoms with Crippen LogP contribution in [-0.4, -0.2) is 28.6 Å². The average molecular weight is 389 g/mol. The smallest absolute Gasteiger partial charge is 0.416 e. The molecule has 2 rings (SSSR count). The average Bonchev–Trinajstić information content (AvgIpc) is 2.60. The van der Waals surface area contributed by atoms with Crippen LogP contribution in [0.25, 0.3) is 0 Å². The number of carbonyl (C=O) groups excluding carboxylic acids is 1. The van der Waals surface area contributed by atoms with E-state index in [0.717, 1.165) is 31.4 Å². The predicted octanol–water partition coefficient (Wildman–Crippen LogP) is 3.30. The largest absolute Gasteiger partial charge is 0.495 e. The molecule has 0 amide bonds. The number of methoxy groups -OCH3 is 2. The number of ether oxygens (including phenoxy) is 2. The Hall–Kier alpha value is -2.75. The SMILES string of the molecule is COC(=O)c1ccc(OC)c(NS(=O)(=O)c2cccc(C(F)(F)F)c2)c1. The zero-order chi connectivity index (χ0) is 19.5. The molecule has 1 N–H and O–H groups in total. The summed E-state index contributed by atoms with van der Waals surface area (Å²) in [6.07, 6.45) is -4.69. The second-order valence-electron chi connectivity index (χ2n) is 5.04. The maximum atomic E-state index is 12.8. The van der Waals surface area contributed by atoms with E-state index in [2.05, 4.69) is 9.46 Å². The highest BCUT2D eigenvalue weighted by molar-refractivity contribution is 7.92. The molecule has 0 atom stereocenters. The zero-order valence-corrected chi connectivity index (χ0v) is 14.4. The third-order valence-corrected chi connectivity index (χ3v) is 4.70. The van der Waals surface area contributed by atoms with E-state index in [1.165, 1.54) is 19.2 Å². The van der Waals surface area contributed by atoms with Crippen molar-refractivity contribution in [2.45, 2.75) is 11.1 Å². The van der Waals surface area contributed by atoms with Crippen molar-refractivity contribution < 1.29 is 35.9 Å². The number of rotatable bonds is 5. The molecule has 140 valence electrons. The Bertz CT molecular complexity index is 926. The molecule has 6 nitrogen and oxygen atoms in total. The molecule has 0 aliphatic heterocycles. The van der Waals surface area contributed by atoms with E-state index in [-0.39, 0.29) is 17.0 Å². The summed E-state index contributed by atoms with van der Waals surface area (Å²) in [5.41, 5.74) is -1.18. The summed E-state index contributed by atoms with van der Waals surface area (Å²) in [6.45, 7) is 0. The van der Waals surface area contributed by atoms with Gasteiger partial charge in [-0.3, -0.25) is 4.72 Å². The van der Waals surface area contributed by atoms with E-state index in [1.807, 2.05) is 0 Å². The van der Waals surface area contributed by atoms with Crippen LogP contribution in [0.15, 0.2) is 47.4 Å². The number of esters is 1. The standard InChI is InChI=1S/C16H14F3NO5S/c1-24-14-7-6-10(15(21)25-2)8-13(14)20-26(22,23)12-5-3-4-11(9-12)16(17,18)19/h3-9,20H,1-2H3. The minimum absolute atomic E-state index is 0.0371. The molecule has 0 aromatic heterocycles. The maximum Gasteiger partial charge on any atom is 0.416 e. The number of sulfonamides is 1. The summed E-state index contributed by atoms with van der Waals surface area (Å²) >= 11 is 0. The number of benzene rings is 2. The lowest BCUT2D eigenvalue weighted by Gasteiger charge is -2.14. The number of carbonyl (C=O) groups is 1. The fourth-order valence-corrected chi connectivity index (χ4v) is 3.18. The van der Waals surface area contributed by atoms with E-state index < -0.39 is 32.6 Å². The van der Waals surface area contributed by atoms with Crippen molar-refractivity contribution in [2.24, 2.45) is 0 Å². The number of alkyl halides is 3. The molecule has 10 heteroatoms. The van der Waals surface area contributed by atoms with Gasteiger partial charge in [0.25, 0.3) is 10.0 Å². The summed E-state index contributed by atoms with van der Waals surface area (Å²) in [7, 11) is -1.94. The highest BCUT2D eigenvalue weighted by Crippen LogP contribution is 2.32. The monoisotopic (exact) mass is 389 g/mol. The van der Waals surface area contributed by atoms with E-state index in [9.17, 15) is 26.4 Å². The molecule has 2 aromatic rings. The normalized spacial score (nSPS) is 11.7. The van der Waals surface area contributed by atoms with Crippen molar-refractivity contribution in [3.8, 4) is 5.75 Å². The molecule has 0 saturated carbocycles. The second kappa shape index (κ2) is 7.24. The Kier molecular flexibility index (Phi) is 5.45. The maximum absolute atomic E-state index is 12.8. The van der Waals surface area contributed by atoms with Crippen LogP contribution in [0.3, 0.4) is 0 Å². The fourth-order valence-electron chi connectivity index (χ4n) is 2.08. The molecule has 0 heterocycles. The van der Waals surface area contributed by atoms with Crippen LogP contribution >= 0.6 is 0 Å². The van der Waals surface area contributed by atoms with Gasteiger partial charge in [-0.15, -0.1) is 0 Å². The molecule has 0 bridgehead atoms. The van der Waals surface area contributed by atoms with Crippen molar-refractivity contribution >= 4 is 21.7 Å². The third kappa shape index (κ3) is 4.26. The minimum Gasteiger partial charge on any atom is -0.495 e. The summed E-state index contributed by atoms with van der Waals surface area (Å²) in [5, 5.41) is 0. The van der Waals surface area contributed by atoms with E-state index in [4.69, 9.17) is 4.74 Å². The number of nitrogens with one attached hydrogen (secondary N) is 1. The number of hydrogen-bond acceptors (Lipinski definition) is 5. The van der Waals surface area contributed by atoms with Gasteiger partial charge in [-0.25, -0.2) is 13.2 Å². The van der Waals surface area contributed by atoms with Crippen LogP contribution < -0.4 is 9.46 Å². The van der Waals surface area contributed by atoms with Gasteiger partial charge in [0.1, 0.15) is 5.75 Å². The lowest BCUT2D eigenvalue weighted by Crippen LogP contribution is -2.15. The van der Waals surface area contributed by atoms with Crippen molar-refractivity contribution in [1.29, 1.82) is 0 Å². The first kappa shape index (κ1) is 19.6. The first-order valence-electron chi connectivity index (χ1n) is 7.05. The van der Waals surface area contributed by atoms with Crippen LogP contribution in [0.4, 0.5) is 18.9 Å². The zero-order valence-electron chi connectivity index (χ0n) is 13.6. The minimum atomic E-state index is -4.69. The molecular formula is C16H14F3NO5S. The molecule has 0 radical (unpaired) electrons. The topological polar surface area (TPSA) is 81.7 Å². The van der Waals surface area contributed by atoms with Crippen LogP contribution in [0.1, 0.15) is 15.9 Å². The molecule has 0 aliphatic carbocycles. The summed E-state index contributed by atoms with van der Waals surface area (Å²) in [6, 6.07) is 7.13. The van der Waals surface area contributed by atoms with Crippen LogP contribution in [0, 0.1) is 0 Å². The lowest BCUT2D eigenvalue weighted by atomic mass is 10.2. The number of hydrogen-bond donors (Lipinski definition) is 1. The van der Waals surface area contributed by atoms with Gasteiger partial charge in [0.05, 0.1) is 35.9 Å². The fraction of sp³-hybridized carbons (Fsp3) is 0.188. The van der Waals surface area contributed by atoms with Crippen molar-refractivity contribution in [1.82, 2.24) is 0 Å². The molecule has 0 fully saturated rings. The quantitative estimate of drug-likeness (QED) is 0.794. The van der Waals surface area contributed by atoms with Crippen molar-refractivity contribution in [2.75, 3.05) is 18.9 Å². The molecule has 0 saturated heterocycles. The van der Waals surface area contributed by atoms with Gasteiger partial charge in [0.15, 0.2) is 0 Å².